The second-order valence-electron chi connectivity index (χ2n) is 6.13. The summed E-state index contributed by atoms with van der Waals surface area (Å²) in [5.74, 6) is 1.38. The van der Waals surface area contributed by atoms with Crippen molar-refractivity contribution in [1.82, 2.24) is 14.5 Å². The molecule has 0 bridgehead atoms. The molecule has 0 aliphatic heterocycles. The van der Waals surface area contributed by atoms with E-state index in [4.69, 9.17) is 14.6 Å². The van der Waals surface area contributed by atoms with Crippen LogP contribution in [0.25, 0.3) is 11.0 Å². The quantitative estimate of drug-likeness (QED) is 0.547. The first-order chi connectivity index (χ1) is 13.6. The number of benzene rings is 2. The third kappa shape index (κ3) is 3.64. The Morgan fingerprint density at radius 3 is 2.75 bits per heavy atom. The Balaban J connectivity index is 1.54. The molecule has 140 valence electrons. The van der Waals surface area contributed by atoms with Crippen LogP contribution in [0.15, 0.2) is 66.9 Å². The van der Waals surface area contributed by atoms with Gasteiger partial charge in [0, 0.05) is 25.4 Å². The number of rotatable bonds is 6. The molecule has 0 spiro atoms. The summed E-state index contributed by atoms with van der Waals surface area (Å²) >= 11 is 0. The highest BCUT2D eigenvalue weighted by Crippen LogP contribution is 2.25. The van der Waals surface area contributed by atoms with Gasteiger partial charge in [0.2, 0.25) is 5.88 Å². The lowest BCUT2D eigenvalue weighted by molar-refractivity contribution is 0.0696. The lowest BCUT2D eigenvalue weighted by Gasteiger charge is -2.07. The number of fused-ring (bicyclic) bond motifs is 1. The van der Waals surface area contributed by atoms with Crippen molar-refractivity contribution in [2.45, 2.75) is 6.61 Å². The maximum absolute atomic E-state index is 11.1. The lowest BCUT2D eigenvalue weighted by Crippen LogP contribution is -2.04. The topological polar surface area (TPSA) is 86.5 Å². The Bertz CT molecular complexity index is 1140. The molecule has 4 aromatic rings. The van der Waals surface area contributed by atoms with Crippen molar-refractivity contribution in [3.05, 3.63) is 78.2 Å². The molecular formula is C21H17N3O4. The van der Waals surface area contributed by atoms with Crippen LogP contribution in [0.4, 0.5) is 0 Å². The van der Waals surface area contributed by atoms with E-state index in [1.807, 2.05) is 41.9 Å². The number of nitrogens with zero attached hydrogens (tertiary/aromatic N) is 3. The van der Waals surface area contributed by atoms with E-state index in [0.717, 1.165) is 11.0 Å². The van der Waals surface area contributed by atoms with Crippen LogP contribution in [0, 0.1) is 0 Å². The third-order valence-corrected chi connectivity index (χ3v) is 4.25. The summed E-state index contributed by atoms with van der Waals surface area (Å²) in [7, 11) is 1.90. The Labute approximate surface area is 160 Å². The van der Waals surface area contributed by atoms with Gasteiger partial charge >= 0.3 is 5.97 Å². The SMILES string of the molecule is Cn1c(COc2cccc(C(=O)O)c2)nc2ccc(Oc3ccccn3)cc21. The Hall–Kier alpha value is -3.87. The van der Waals surface area contributed by atoms with Crippen LogP contribution in [-0.4, -0.2) is 25.6 Å². The molecule has 0 saturated heterocycles. The lowest BCUT2D eigenvalue weighted by atomic mass is 10.2. The van der Waals surface area contributed by atoms with Crippen molar-refractivity contribution in [1.29, 1.82) is 0 Å². The van der Waals surface area contributed by atoms with Gasteiger partial charge in [-0.1, -0.05) is 12.1 Å². The van der Waals surface area contributed by atoms with E-state index in [1.54, 1.807) is 24.4 Å². The largest absolute Gasteiger partial charge is 0.486 e. The minimum Gasteiger partial charge on any atom is -0.486 e. The normalized spacial score (nSPS) is 10.8. The molecular weight excluding hydrogens is 358 g/mol. The van der Waals surface area contributed by atoms with Gasteiger partial charge in [-0.3, -0.25) is 0 Å². The molecule has 0 aliphatic rings. The first-order valence-electron chi connectivity index (χ1n) is 8.60. The average Bonchev–Trinajstić information content (AvgIpc) is 3.03. The average molecular weight is 375 g/mol. The number of carboxylic acids is 1. The molecule has 0 aliphatic carbocycles. The van der Waals surface area contributed by atoms with Crippen molar-refractivity contribution in [3.63, 3.8) is 0 Å². The zero-order valence-corrected chi connectivity index (χ0v) is 15.1. The smallest absolute Gasteiger partial charge is 0.335 e. The predicted molar refractivity (Wildman–Crippen MR) is 103 cm³/mol. The van der Waals surface area contributed by atoms with Gasteiger partial charge in [0.05, 0.1) is 16.6 Å². The fourth-order valence-corrected chi connectivity index (χ4v) is 2.81. The van der Waals surface area contributed by atoms with Crippen LogP contribution in [0.5, 0.6) is 17.4 Å². The Morgan fingerprint density at radius 1 is 1.07 bits per heavy atom. The minimum absolute atomic E-state index is 0.179. The molecule has 2 heterocycles. The van der Waals surface area contributed by atoms with Gasteiger partial charge in [0.15, 0.2) is 0 Å². The van der Waals surface area contributed by atoms with Crippen molar-refractivity contribution in [2.75, 3.05) is 0 Å². The highest BCUT2D eigenvalue weighted by Gasteiger charge is 2.11. The number of carboxylic acid groups (broad SMARTS) is 1. The zero-order valence-electron chi connectivity index (χ0n) is 15.1. The summed E-state index contributed by atoms with van der Waals surface area (Å²) in [6.45, 7) is 0.213. The van der Waals surface area contributed by atoms with Gasteiger partial charge in [-0.15, -0.1) is 0 Å². The van der Waals surface area contributed by atoms with Crippen molar-refractivity contribution in [3.8, 4) is 17.4 Å². The maximum Gasteiger partial charge on any atom is 0.335 e. The van der Waals surface area contributed by atoms with Gasteiger partial charge in [0.25, 0.3) is 0 Å². The van der Waals surface area contributed by atoms with Crippen LogP contribution in [0.2, 0.25) is 0 Å². The molecule has 2 aromatic heterocycles. The molecule has 28 heavy (non-hydrogen) atoms. The van der Waals surface area contributed by atoms with Gasteiger partial charge < -0.3 is 19.1 Å². The van der Waals surface area contributed by atoms with Crippen LogP contribution >= 0.6 is 0 Å². The molecule has 4 rings (SSSR count). The van der Waals surface area contributed by atoms with E-state index in [2.05, 4.69) is 9.97 Å². The van der Waals surface area contributed by atoms with E-state index in [9.17, 15) is 4.79 Å². The first kappa shape index (κ1) is 17.5. The van der Waals surface area contributed by atoms with Crippen molar-refractivity contribution in [2.24, 2.45) is 7.05 Å². The van der Waals surface area contributed by atoms with Gasteiger partial charge in [-0.2, -0.15) is 0 Å². The van der Waals surface area contributed by atoms with Crippen LogP contribution in [0.3, 0.4) is 0 Å². The summed E-state index contributed by atoms with van der Waals surface area (Å²) < 4.78 is 13.4. The number of hydrogen-bond donors (Lipinski definition) is 1. The van der Waals surface area contributed by atoms with Gasteiger partial charge in [0.1, 0.15) is 23.9 Å². The Kier molecular flexibility index (Phi) is 4.63. The summed E-state index contributed by atoms with van der Waals surface area (Å²) in [6.07, 6.45) is 1.67. The second-order valence-corrected chi connectivity index (χ2v) is 6.13. The summed E-state index contributed by atoms with van der Waals surface area (Å²) in [5.41, 5.74) is 1.89. The summed E-state index contributed by atoms with van der Waals surface area (Å²) in [6, 6.07) is 17.5. The second kappa shape index (κ2) is 7.40. The minimum atomic E-state index is -0.992. The number of imidazole rings is 1. The summed E-state index contributed by atoms with van der Waals surface area (Å²) in [5, 5.41) is 9.08. The molecule has 0 atom stereocenters. The fourth-order valence-electron chi connectivity index (χ4n) is 2.81. The number of aromatic carboxylic acids is 1. The number of carbonyl (C=O) groups is 1. The molecule has 0 saturated carbocycles. The number of aromatic nitrogens is 3. The highest BCUT2D eigenvalue weighted by atomic mass is 16.5. The fraction of sp³-hybridized carbons (Fsp3) is 0.0952. The third-order valence-electron chi connectivity index (χ3n) is 4.25. The predicted octanol–water partition coefficient (Wildman–Crippen LogP) is 4.04. The molecule has 0 unspecified atom stereocenters. The van der Waals surface area contributed by atoms with Crippen molar-refractivity contribution < 1.29 is 19.4 Å². The molecule has 7 nitrogen and oxygen atoms in total. The number of pyridine rings is 1. The standard InChI is InChI=1S/C21H17N3O4/c1-24-18-12-16(28-20-7-2-3-10-22-20)8-9-17(18)23-19(24)13-27-15-6-4-5-14(11-15)21(25)26/h2-12H,13H2,1H3,(H,25,26). The van der Waals surface area contributed by atoms with Gasteiger partial charge in [-0.25, -0.2) is 14.8 Å². The van der Waals surface area contributed by atoms with Gasteiger partial charge in [-0.05, 0) is 36.4 Å². The van der Waals surface area contributed by atoms with Crippen LogP contribution in [-0.2, 0) is 13.7 Å². The summed E-state index contributed by atoms with van der Waals surface area (Å²) in [4.78, 5) is 19.8. The molecule has 0 fully saturated rings. The highest BCUT2D eigenvalue weighted by molar-refractivity contribution is 5.88. The van der Waals surface area contributed by atoms with E-state index >= 15 is 0 Å². The van der Waals surface area contributed by atoms with E-state index in [0.29, 0.717) is 23.2 Å². The van der Waals surface area contributed by atoms with Crippen LogP contribution in [0.1, 0.15) is 16.2 Å². The molecule has 7 heteroatoms. The van der Waals surface area contributed by atoms with E-state index in [1.165, 1.54) is 12.1 Å². The van der Waals surface area contributed by atoms with Crippen molar-refractivity contribution >= 4 is 17.0 Å². The maximum atomic E-state index is 11.1. The molecule has 0 radical (unpaired) electrons. The molecule has 2 aromatic carbocycles. The molecule has 1 N–H and O–H groups in total. The number of ether oxygens (including phenoxy) is 2. The number of hydrogen-bond acceptors (Lipinski definition) is 5. The monoisotopic (exact) mass is 375 g/mol. The van der Waals surface area contributed by atoms with E-state index in [-0.39, 0.29) is 12.2 Å². The van der Waals surface area contributed by atoms with E-state index < -0.39 is 5.97 Å². The zero-order chi connectivity index (χ0) is 19.5. The van der Waals surface area contributed by atoms with Crippen LogP contribution < -0.4 is 9.47 Å². The first-order valence-corrected chi connectivity index (χ1v) is 8.60. The Morgan fingerprint density at radius 2 is 1.96 bits per heavy atom. The molecule has 0 amide bonds. The number of aryl methyl sites for hydroxylation is 1.